The number of hydrogen-bond acceptors (Lipinski definition) is 5. The number of halogens is 1. The molecule has 0 fully saturated rings. The van der Waals surface area contributed by atoms with Gasteiger partial charge in [-0.2, -0.15) is 0 Å². The third-order valence-corrected chi connectivity index (χ3v) is 6.40. The van der Waals surface area contributed by atoms with Gasteiger partial charge in [0.15, 0.2) is 18.9 Å². The molecule has 0 spiro atoms. The first-order chi connectivity index (χ1) is 18.4. The minimum Gasteiger partial charge on any atom is -1.00 e. The highest BCUT2D eigenvalue weighted by Crippen LogP contribution is 2.12. The maximum atomic E-state index is 5.67. The molecular weight excluding hydrogens is 502 g/mol. The Hall–Kier alpha value is -0.760. The third-order valence-electron chi connectivity index (χ3n) is 6.40. The smallest absolute Gasteiger partial charge is 0.171 e. The molecule has 1 heterocycles. The van der Waals surface area contributed by atoms with Crippen LogP contribution in [0.4, 0.5) is 0 Å². The summed E-state index contributed by atoms with van der Waals surface area (Å²) in [4.78, 5) is 0. The lowest BCUT2D eigenvalue weighted by Gasteiger charge is -2.08. The van der Waals surface area contributed by atoms with Crippen LogP contribution in [0.15, 0.2) is 30.6 Å². The van der Waals surface area contributed by atoms with Crippen LogP contribution in [-0.4, -0.2) is 66.1 Å². The summed E-state index contributed by atoms with van der Waals surface area (Å²) in [6, 6.07) is 6.05. The largest absolute Gasteiger partial charge is 1.00 e. The fourth-order valence-electron chi connectivity index (χ4n) is 4.13. The molecule has 0 bridgehead atoms. The quantitative estimate of drug-likeness (QED) is 0.107. The number of unbranched alkanes of at least 4 members (excludes halogenated alkanes) is 13. The molecule has 38 heavy (non-hydrogen) atoms. The fourth-order valence-corrected chi connectivity index (χ4v) is 4.13. The SMILES string of the molecule is CCCCCCCCCCCCCCCCOCCOCCOCCOCCOCC[n+]1ccccc1.[Cl-]. The lowest BCUT2D eigenvalue weighted by atomic mass is 10.0. The fraction of sp³-hybridized carbons (Fsp3) is 0.839. The van der Waals surface area contributed by atoms with Gasteiger partial charge in [0.2, 0.25) is 0 Å². The van der Waals surface area contributed by atoms with Crippen molar-refractivity contribution >= 4 is 0 Å². The maximum Gasteiger partial charge on any atom is 0.171 e. The lowest BCUT2D eigenvalue weighted by Crippen LogP contribution is -3.00. The van der Waals surface area contributed by atoms with E-state index in [4.69, 9.17) is 23.7 Å². The number of aromatic nitrogens is 1. The van der Waals surface area contributed by atoms with Crippen molar-refractivity contribution in [2.24, 2.45) is 0 Å². The Balaban J connectivity index is 0.0000137. The van der Waals surface area contributed by atoms with E-state index >= 15 is 0 Å². The standard InChI is InChI=1S/C31H58NO5.ClH/c1-2-3-4-5-6-7-8-9-10-11-12-13-14-18-22-33-24-26-35-28-30-37-31-29-36-27-25-34-23-21-32-19-16-15-17-20-32;/h15-17,19-20H,2-14,18,21-31H2,1H3;1H/q+1;/p-1. The number of nitrogens with zero attached hydrogens (tertiary/aromatic N) is 1. The van der Waals surface area contributed by atoms with E-state index in [1.165, 1.54) is 83.5 Å². The van der Waals surface area contributed by atoms with E-state index in [9.17, 15) is 0 Å². The van der Waals surface area contributed by atoms with E-state index < -0.39 is 0 Å². The summed E-state index contributed by atoms with van der Waals surface area (Å²) in [5, 5.41) is 0. The first-order valence-corrected chi connectivity index (χ1v) is 15.3. The van der Waals surface area contributed by atoms with Crippen LogP contribution in [-0.2, 0) is 30.2 Å². The lowest BCUT2D eigenvalue weighted by molar-refractivity contribution is -0.698. The number of ether oxygens (including phenoxy) is 5. The second-order valence-corrected chi connectivity index (χ2v) is 9.77. The topological polar surface area (TPSA) is 50.0 Å². The Morgan fingerprint density at radius 3 is 1.16 bits per heavy atom. The van der Waals surface area contributed by atoms with Gasteiger partial charge in [-0.3, -0.25) is 0 Å². The highest BCUT2D eigenvalue weighted by atomic mass is 35.5. The monoisotopic (exact) mass is 559 g/mol. The average molecular weight is 560 g/mol. The van der Waals surface area contributed by atoms with E-state index in [1.54, 1.807) is 0 Å². The highest BCUT2D eigenvalue weighted by molar-refractivity contribution is 4.83. The van der Waals surface area contributed by atoms with E-state index in [0.29, 0.717) is 59.5 Å². The second-order valence-electron chi connectivity index (χ2n) is 9.77. The van der Waals surface area contributed by atoms with E-state index in [-0.39, 0.29) is 12.4 Å². The zero-order valence-electron chi connectivity index (χ0n) is 24.4. The van der Waals surface area contributed by atoms with Crippen LogP contribution in [0.5, 0.6) is 0 Å². The molecule has 0 atom stereocenters. The molecule has 0 unspecified atom stereocenters. The van der Waals surface area contributed by atoms with Gasteiger partial charge >= 0.3 is 0 Å². The molecule has 0 radical (unpaired) electrons. The van der Waals surface area contributed by atoms with Crippen molar-refractivity contribution in [2.75, 3.05) is 66.1 Å². The predicted molar refractivity (Wildman–Crippen MR) is 151 cm³/mol. The van der Waals surface area contributed by atoms with Crippen LogP contribution in [0.2, 0.25) is 0 Å². The van der Waals surface area contributed by atoms with Gasteiger partial charge in [-0.1, -0.05) is 96.5 Å². The molecule has 7 heteroatoms. The van der Waals surface area contributed by atoms with Crippen LogP contribution < -0.4 is 17.0 Å². The zero-order chi connectivity index (χ0) is 26.3. The molecule has 1 aromatic rings. The predicted octanol–water partition coefficient (Wildman–Crippen LogP) is 3.54. The molecule has 6 nitrogen and oxygen atoms in total. The number of pyridine rings is 1. The van der Waals surface area contributed by atoms with Gasteiger partial charge < -0.3 is 36.1 Å². The van der Waals surface area contributed by atoms with Crippen molar-refractivity contribution in [1.82, 2.24) is 0 Å². The average Bonchev–Trinajstić information content (AvgIpc) is 2.93. The zero-order valence-corrected chi connectivity index (χ0v) is 25.2. The van der Waals surface area contributed by atoms with Gasteiger partial charge in [-0.15, -0.1) is 0 Å². The van der Waals surface area contributed by atoms with Crippen molar-refractivity contribution in [3.05, 3.63) is 30.6 Å². The molecule has 0 amide bonds. The summed E-state index contributed by atoms with van der Waals surface area (Å²) in [6.07, 6.45) is 23.5. The Morgan fingerprint density at radius 2 is 0.737 bits per heavy atom. The Morgan fingerprint density at radius 1 is 0.395 bits per heavy atom. The molecular formula is C31H58ClNO5. The van der Waals surface area contributed by atoms with Crippen LogP contribution in [0.25, 0.3) is 0 Å². The molecule has 0 N–H and O–H groups in total. The van der Waals surface area contributed by atoms with Gasteiger partial charge in [0.05, 0.1) is 52.9 Å². The minimum absolute atomic E-state index is 0. The van der Waals surface area contributed by atoms with Crippen LogP contribution >= 0.6 is 0 Å². The first kappa shape index (κ1) is 37.2. The molecule has 224 valence electrons. The Bertz CT molecular complexity index is 552. The molecule has 0 aliphatic rings. The van der Waals surface area contributed by atoms with Gasteiger partial charge in [0.25, 0.3) is 0 Å². The van der Waals surface area contributed by atoms with E-state index in [2.05, 4.69) is 11.5 Å². The minimum atomic E-state index is 0. The normalized spacial score (nSPS) is 11.1. The summed E-state index contributed by atoms with van der Waals surface area (Å²) in [5.41, 5.74) is 0. The van der Waals surface area contributed by atoms with Crippen molar-refractivity contribution in [3.63, 3.8) is 0 Å². The summed E-state index contributed by atoms with van der Waals surface area (Å²) >= 11 is 0. The first-order valence-electron chi connectivity index (χ1n) is 15.3. The van der Waals surface area contributed by atoms with E-state index in [1.807, 2.05) is 30.6 Å². The summed E-state index contributed by atoms with van der Waals surface area (Å²) in [5.74, 6) is 0. The van der Waals surface area contributed by atoms with Gasteiger partial charge in [0, 0.05) is 18.7 Å². The van der Waals surface area contributed by atoms with E-state index in [0.717, 1.165) is 19.6 Å². The molecule has 0 aliphatic carbocycles. The molecule has 1 rings (SSSR count). The summed E-state index contributed by atoms with van der Waals surface area (Å²) in [6.45, 7) is 9.54. The second kappa shape index (κ2) is 32.5. The summed E-state index contributed by atoms with van der Waals surface area (Å²) in [7, 11) is 0. The van der Waals surface area contributed by atoms with Crippen molar-refractivity contribution in [1.29, 1.82) is 0 Å². The Labute approximate surface area is 240 Å². The van der Waals surface area contributed by atoms with Crippen molar-refractivity contribution in [2.45, 2.75) is 103 Å². The molecule has 0 aliphatic heterocycles. The van der Waals surface area contributed by atoms with Gasteiger partial charge in [0.1, 0.15) is 6.61 Å². The molecule has 0 saturated carbocycles. The third kappa shape index (κ3) is 28.3. The van der Waals surface area contributed by atoms with Crippen molar-refractivity contribution in [3.8, 4) is 0 Å². The van der Waals surface area contributed by atoms with Crippen LogP contribution in [0.3, 0.4) is 0 Å². The number of rotatable bonds is 30. The Kier molecular flexibility index (Phi) is 31.8. The molecule has 0 aromatic carbocycles. The maximum absolute atomic E-state index is 5.67. The molecule has 0 saturated heterocycles. The highest BCUT2D eigenvalue weighted by Gasteiger charge is 1.98. The van der Waals surface area contributed by atoms with Crippen molar-refractivity contribution < 1.29 is 40.7 Å². The van der Waals surface area contributed by atoms with Gasteiger partial charge in [-0.05, 0) is 6.42 Å². The van der Waals surface area contributed by atoms with Gasteiger partial charge in [-0.25, -0.2) is 4.57 Å². The molecule has 1 aromatic heterocycles. The van der Waals surface area contributed by atoms with Crippen LogP contribution in [0, 0.1) is 0 Å². The number of hydrogen-bond donors (Lipinski definition) is 0. The van der Waals surface area contributed by atoms with Crippen LogP contribution in [0.1, 0.15) is 96.8 Å². The summed E-state index contributed by atoms with van der Waals surface area (Å²) < 4.78 is 29.9.